The number of hydrogen-bond donors (Lipinski definition) is 0. The Morgan fingerprint density at radius 2 is 2.43 bits per heavy atom. The van der Waals surface area contributed by atoms with Crippen LogP contribution in [0.1, 0.15) is 6.92 Å². The molecule has 7 heavy (non-hydrogen) atoms. The molecule has 0 fully saturated rings. The highest BCUT2D eigenvalue weighted by Gasteiger charge is 1.68. The minimum absolute atomic E-state index is 0.0451. The maximum absolute atomic E-state index is 9.66. The third-order valence-corrected chi connectivity index (χ3v) is 0.747. The standard InChI is InChI=1S/C4H6O2S/c1-2-3-4-7(5)6/h4H2,1H3,(H,5,6)/p-1. The Bertz CT molecular complexity index is 119. The molecule has 40 valence electrons. The molecule has 0 spiro atoms. The fraction of sp³-hybridized carbons (Fsp3) is 0.500. The van der Waals surface area contributed by atoms with E-state index in [1.54, 1.807) is 6.92 Å². The summed E-state index contributed by atoms with van der Waals surface area (Å²) in [7, 11) is 0. The maximum atomic E-state index is 9.66. The lowest BCUT2D eigenvalue weighted by atomic mass is 10.7. The van der Waals surface area contributed by atoms with Gasteiger partial charge in [0.15, 0.2) is 0 Å². The molecule has 0 aliphatic heterocycles. The Morgan fingerprint density at radius 3 is 2.57 bits per heavy atom. The van der Waals surface area contributed by atoms with E-state index < -0.39 is 11.1 Å². The Hall–Kier alpha value is -0.330. The lowest BCUT2D eigenvalue weighted by molar-refractivity contribution is 0.540. The average Bonchev–Trinajstić information content (AvgIpc) is 1.61. The highest BCUT2D eigenvalue weighted by atomic mass is 32.2. The molecule has 0 radical (unpaired) electrons. The van der Waals surface area contributed by atoms with Gasteiger partial charge in [0.2, 0.25) is 0 Å². The van der Waals surface area contributed by atoms with Crippen LogP contribution in [0.15, 0.2) is 0 Å². The van der Waals surface area contributed by atoms with Crippen molar-refractivity contribution in [2.45, 2.75) is 6.92 Å². The van der Waals surface area contributed by atoms with Crippen LogP contribution in [-0.4, -0.2) is 14.5 Å². The van der Waals surface area contributed by atoms with Crippen LogP contribution in [-0.2, 0) is 11.1 Å². The largest absolute Gasteiger partial charge is 0.772 e. The molecular formula is C4H5O2S-. The van der Waals surface area contributed by atoms with E-state index in [1.165, 1.54) is 0 Å². The van der Waals surface area contributed by atoms with Crippen molar-refractivity contribution in [3.63, 3.8) is 0 Å². The SMILES string of the molecule is CC#CCS(=O)[O-]. The summed E-state index contributed by atoms with van der Waals surface area (Å²) >= 11 is -1.99. The Morgan fingerprint density at radius 1 is 1.86 bits per heavy atom. The van der Waals surface area contributed by atoms with Gasteiger partial charge in [-0.3, -0.25) is 4.21 Å². The molecule has 0 amide bonds. The van der Waals surface area contributed by atoms with Crippen molar-refractivity contribution in [3.8, 4) is 11.8 Å². The van der Waals surface area contributed by atoms with Crippen molar-refractivity contribution in [3.05, 3.63) is 0 Å². The topological polar surface area (TPSA) is 40.1 Å². The van der Waals surface area contributed by atoms with Crippen LogP contribution < -0.4 is 0 Å². The van der Waals surface area contributed by atoms with Gasteiger partial charge in [0.1, 0.15) is 0 Å². The van der Waals surface area contributed by atoms with Gasteiger partial charge in [-0.05, 0) is 18.0 Å². The van der Waals surface area contributed by atoms with Crippen LogP contribution in [0, 0.1) is 11.8 Å². The first-order valence-corrected chi connectivity index (χ1v) is 2.97. The second-order valence-corrected chi connectivity index (χ2v) is 1.77. The van der Waals surface area contributed by atoms with E-state index >= 15 is 0 Å². The van der Waals surface area contributed by atoms with Crippen molar-refractivity contribution in [1.82, 2.24) is 0 Å². The van der Waals surface area contributed by atoms with Gasteiger partial charge >= 0.3 is 0 Å². The van der Waals surface area contributed by atoms with E-state index in [1.807, 2.05) is 0 Å². The van der Waals surface area contributed by atoms with E-state index in [-0.39, 0.29) is 5.75 Å². The lowest BCUT2D eigenvalue weighted by Gasteiger charge is -1.93. The second-order valence-electron chi connectivity index (χ2n) is 0.875. The molecule has 0 saturated heterocycles. The highest BCUT2D eigenvalue weighted by Crippen LogP contribution is 1.66. The molecule has 1 unspecified atom stereocenters. The van der Waals surface area contributed by atoms with Crippen LogP contribution in [0.2, 0.25) is 0 Å². The van der Waals surface area contributed by atoms with Crippen LogP contribution in [0.3, 0.4) is 0 Å². The first-order valence-electron chi connectivity index (χ1n) is 1.73. The predicted molar refractivity (Wildman–Crippen MR) is 27.2 cm³/mol. The smallest absolute Gasteiger partial charge is 0.0715 e. The maximum Gasteiger partial charge on any atom is 0.0715 e. The highest BCUT2D eigenvalue weighted by molar-refractivity contribution is 7.79. The van der Waals surface area contributed by atoms with E-state index in [9.17, 15) is 8.76 Å². The van der Waals surface area contributed by atoms with Gasteiger partial charge in [0.25, 0.3) is 0 Å². The van der Waals surface area contributed by atoms with Crippen molar-refractivity contribution in [2.24, 2.45) is 0 Å². The molecule has 0 aliphatic rings. The van der Waals surface area contributed by atoms with E-state index in [0.29, 0.717) is 0 Å². The van der Waals surface area contributed by atoms with Crippen LogP contribution in [0.4, 0.5) is 0 Å². The van der Waals surface area contributed by atoms with Crippen molar-refractivity contribution in [2.75, 3.05) is 5.75 Å². The van der Waals surface area contributed by atoms with Crippen LogP contribution in [0.25, 0.3) is 0 Å². The summed E-state index contributed by atoms with van der Waals surface area (Å²) in [6.45, 7) is 1.60. The number of hydrogen-bond acceptors (Lipinski definition) is 2. The monoisotopic (exact) mass is 117 g/mol. The van der Waals surface area contributed by atoms with Crippen LogP contribution in [0.5, 0.6) is 0 Å². The van der Waals surface area contributed by atoms with Crippen molar-refractivity contribution in [1.29, 1.82) is 0 Å². The molecule has 3 heteroatoms. The normalized spacial score (nSPS) is 11.7. The molecule has 0 aromatic rings. The van der Waals surface area contributed by atoms with Crippen LogP contribution >= 0.6 is 0 Å². The zero-order valence-corrected chi connectivity index (χ0v) is 4.75. The van der Waals surface area contributed by atoms with Gasteiger partial charge in [0.05, 0.1) is 5.75 Å². The molecule has 0 aromatic heterocycles. The molecule has 0 heterocycles. The zero-order chi connectivity index (χ0) is 5.70. The lowest BCUT2D eigenvalue weighted by Crippen LogP contribution is -1.89. The molecule has 0 aromatic carbocycles. The second kappa shape index (κ2) is 3.85. The van der Waals surface area contributed by atoms with Gasteiger partial charge in [-0.25, -0.2) is 0 Å². The van der Waals surface area contributed by atoms with E-state index in [4.69, 9.17) is 0 Å². The first kappa shape index (κ1) is 6.67. The van der Waals surface area contributed by atoms with E-state index in [2.05, 4.69) is 11.8 Å². The summed E-state index contributed by atoms with van der Waals surface area (Å²) in [5.41, 5.74) is 0. The summed E-state index contributed by atoms with van der Waals surface area (Å²) in [4.78, 5) is 0. The summed E-state index contributed by atoms with van der Waals surface area (Å²) in [5, 5.41) is 0. The first-order chi connectivity index (χ1) is 3.27. The molecule has 0 bridgehead atoms. The molecule has 0 saturated carbocycles. The van der Waals surface area contributed by atoms with Gasteiger partial charge in [-0.15, -0.1) is 5.92 Å². The molecule has 0 aliphatic carbocycles. The molecule has 0 rings (SSSR count). The fourth-order valence-corrected chi connectivity index (χ4v) is 0.393. The summed E-state index contributed by atoms with van der Waals surface area (Å²) < 4.78 is 19.3. The minimum atomic E-state index is -1.99. The van der Waals surface area contributed by atoms with Crippen molar-refractivity contribution < 1.29 is 8.76 Å². The zero-order valence-electron chi connectivity index (χ0n) is 3.93. The van der Waals surface area contributed by atoms with Crippen molar-refractivity contribution >= 4 is 11.1 Å². The Balaban J connectivity index is 3.26. The molecule has 1 atom stereocenters. The van der Waals surface area contributed by atoms with E-state index in [0.717, 1.165) is 0 Å². The fourth-order valence-electron chi connectivity index (χ4n) is 0.131. The summed E-state index contributed by atoms with van der Waals surface area (Å²) in [6.07, 6.45) is 0. The van der Waals surface area contributed by atoms with Gasteiger partial charge < -0.3 is 4.55 Å². The molecule has 2 nitrogen and oxygen atoms in total. The summed E-state index contributed by atoms with van der Waals surface area (Å²) in [5.74, 6) is 4.80. The predicted octanol–water partition coefficient (Wildman–Crippen LogP) is -0.111. The third kappa shape index (κ3) is 5.67. The summed E-state index contributed by atoms with van der Waals surface area (Å²) in [6, 6.07) is 0. The Kier molecular flexibility index (Phi) is 3.67. The minimum Gasteiger partial charge on any atom is -0.772 e. The van der Waals surface area contributed by atoms with Gasteiger partial charge in [-0.1, -0.05) is 5.92 Å². The molecule has 0 N–H and O–H groups in total. The third-order valence-electron chi connectivity index (χ3n) is 0.367. The van der Waals surface area contributed by atoms with Gasteiger partial charge in [0, 0.05) is 0 Å². The molecular weight excluding hydrogens is 112 g/mol. The number of rotatable bonds is 1. The Labute approximate surface area is 45.2 Å². The quantitative estimate of drug-likeness (QED) is 0.355. The van der Waals surface area contributed by atoms with Gasteiger partial charge in [-0.2, -0.15) is 0 Å². The average molecular weight is 117 g/mol.